The second-order valence-electron chi connectivity index (χ2n) is 3.96. The van der Waals surface area contributed by atoms with Crippen molar-refractivity contribution in [1.29, 1.82) is 0 Å². The van der Waals surface area contributed by atoms with Crippen molar-refractivity contribution in [3.8, 4) is 11.5 Å². The molecule has 0 fully saturated rings. The summed E-state index contributed by atoms with van der Waals surface area (Å²) < 4.78 is 18.3. The molecule has 0 heterocycles. The van der Waals surface area contributed by atoms with Crippen LogP contribution in [-0.4, -0.2) is 18.1 Å². The molecule has 104 valence electrons. The van der Waals surface area contributed by atoms with E-state index in [9.17, 15) is 14.3 Å². The van der Waals surface area contributed by atoms with Gasteiger partial charge >= 0.3 is 0 Å². The maximum atomic E-state index is 13.0. The topological polar surface area (TPSA) is 58.6 Å². The van der Waals surface area contributed by atoms with Gasteiger partial charge in [-0.1, -0.05) is 0 Å². The van der Waals surface area contributed by atoms with Crippen molar-refractivity contribution in [2.75, 3.05) is 12.4 Å². The molecule has 4 nitrogen and oxygen atoms in total. The second-order valence-corrected chi connectivity index (χ2v) is 4.82. The molecule has 0 saturated heterocycles. The number of hydrogen-bond acceptors (Lipinski definition) is 3. The van der Waals surface area contributed by atoms with Crippen molar-refractivity contribution in [1.82, 2.24) is 0 Å². The third-order valence-electron chi connectivity index (χ3n) is 2.62. The van der Waals surface area contributed by atoms with E-state index in [0.29, 0.717) is 10.2 Å². The first-order valence-corrected chi connectivity index (χ1v) is 6.44. The van der Waals surface area contributed by atoms with Crippen LogP contribution in [0, 0.1) is 5.82 Å². The van der Waals surface area contributed by atoms with E-state index < -0.39 is 11.7 Å². The van der Waals surface area contributed by atoms with Gasteiger partial charge in [0.25, 0.3) is 5.91 Å². The maximum absolute atomic E-state index is 13.0. The largest absolute Gasteiger partial charge is 0.504 e. The summed E-state index contributed by atoms with van der Waals surface area (Å²) in [7, 11) is 1.42. The molecule has 2 N–H and O–H groups in total. The number of phenols is 1. The van der Waals surface area contributed by atoms with E-state index >= 15 is 0 Å². The van der Waals surface area contributed by atoms with Crippen LogP contribution in [-0.2, 0) is 0 Å². The average molecular weight is 340 g/mol. The zero-order valence-corrected chi connectivity index (χ0v) is 12.1. The minimum Gasteiger partial charge on any atom is -0.504 e. The Morgan fingerprint density at radius 2 is 2.05 bits per heavy atom. The Labute approximate surface area is 123 Å². The molecule has 0 aliphatic rings. The number of hydrogen-bond donors (Lipinski definition) is 2. The van der Waals surface area contributed by atoms with Crippen molar-refractivity contribution < 1.29 is 19.0 Å². The predicted octanol–water partition coefficient (Wildman–Crippen LogP) is 3.55. The van der Waals surface area contributed by atoms with Gasteiger partial charge in [0.2, 0.25) is 0 Å². The second kappa shape index (κ2) is 5.92. The fraction of sp³-hybridized carbons (Fsp3) is 0.0714. The van der Waals surface area contributed by atoms with Crippen molar-refractivity contribution in [3.63, 3.8) is 0 Å². The molecule has 0 aliphatic carbocycles. The van der Waals surface area contributed by atoms with Crippen LogP contribution in [0.1, 0.15) is 10.4 Å². The molecule has 0 bridgehead atoms. The molecular formula is C14H11BrFNO3. The number of carbonyl (C=O) groups is 1. The molecule has 2 aromatic carbocycles. The quantitative estimate of drug-likeness (QED) is 0.898. The average Bonchev–Trinajstić information content (AvgIpc) is 2.41. The van der Waals surface area contributed by atoms with Gasteiger partial charge in [-0.15, -0.1) is 0 Å². The Bertz CT molecular complexity index is 661. The zero-order chi connectivity index (χ0) is 14.7. The summed E-state index contributed by atoms with van der Waals surface area (Å²) in [4.78, 5) is 12.0. The van der Waals surface area contributed by atoms with Crippen molar-refractivity contribution in [2.45, 2.75) is 0 Å². The number of anilines is 1. The van der Waals surface area contributed by atoms with E-state index in [4.69, 9.17) is 4.74 Å². The number of amides is 1. The lowest BCUT2D eigenvalue weighted by atomic mass is 10.2. The first-order chi connectivity index (χ1) is 9.51. The lowest BCUT2D eigenvalue weighted by Gasteiger charge is -2.09. The predicted molar refractivity (Wildman–Crippen MR) is 76.7 cm³/mol. The number of nitrogens with one attached hydrogen (secondary N) is 1. The number of halogens is 2. The van der Waals surface area contributed by atoms with E-state index in [1.165, 1.54) is 43.5 Å². The molecular weight excluding hydrogens is 329 g/mol. The van der Waals surface area contributed by atoms with Gasteiger partial charge in [-0.05, 0) is 52.3 Å². The lowest BCUT2D eigenvalue weighted by molar-refractivity contribution is 0.102. The highest BCUT2D eigenvalue weighted by molar-refractivity contribution is 9.10. The monoisotopic (exact) mass is 339 g/mol. The van der Waals surface area contributed by atoms with Crippen LogP contribution in [0.25, 0.3) is 0 Å². The summed E-state index contributed by atoms with van der Waals surface area (Å²) in [5.41, 5.74) is 0.700. The molecule has 2 aromatic rings. The van der Waals surface area contributed by atoms with Crippen LogP contribution in [0.5, 0.6) is 11.5 Å². The number of methoxy groups -OCH3 is 1. The highest BCUT2D eigenvalue weighted by Crippen LogP contribution is 2.28. The summed E-state index contributed by atoms with van der Waals surface area (Å²) >= 11 is 3.16. The Morgan fingerprint density at radius 3 is 2.65 bits per heavy atom. The normalized spacial score (nSPS) is 10.2. The van der Waals surface area contributed by atoms with E-state index in [-0.39, 0.29) is 17.1 Å². The molecule has 0 unspecified atom stereocenters. The minimum atomic E-state index is -0.421. The van der Waals surface area contributed by atoms with Crippen LogP contribution >= 0.6 is 15.9 Å². The van der Waals surface area contributed by atoms with Gasteiger partial charge in [0, 0.05) is 10.0 Å². The van der Waals surface area contributed by atoms with Crippen molar-refractivity contribution in [2.24, 2.45) is 0 Å². The van der Waals surface area contributed by atoms with E-state index in [0.717, 1.165) is 0 Å². The Hall–Kier alpha value is -2.08. The fourth-order valence-corrected chi connectivity index (χ4v) is 2.07. The molecule has 1 amide bonds. The van der Waals surface area contributed by atoms with Gasteiger partial charge in [0.1, 0.15) is 5.82 Å². The summed E-state index contributed by atoms with van der Waals surface area (Å²) in [6, 6.07) is 8.24. The standard InChI is InChI=1S/C14H11BrFNO3/c1-20-13-5-2-8(6-12(13)18)14(19)17-11-4-3-9(16)7-10(11)15/h2-7,18H,1H3,(H,17,19). The van der Waals surface area contributed by atoms with Gasteiger partial charge in [-0.2, -0.15) is 0 Å². The Balaban J connectivity index is 2.21. The number of aromatic hydroxyl groups is 1. The number of ether oxygens (including phenoxy) is 1. The van der Waals surface area contributed by atoms with E-state index in [1.54, 1.807) is 0 Å². The molecule has 2 rings (SSSR count). The third kappa shape index (κ3) is 3.08. The van der Waals surface area contributed by atoms with Gasteiger partial charge in [-0.3, -0.25) is 4.79 Å². The SMILES string of the molecule is COc1ccc(C(=O)Nc2ccc(F)cc2Br)cc1O. The van der Waals surface area contributed by atoms with Crippen LogP contribution in [0.2, 0.25) is 0 Å². The van der Waals surface area contributed by atoms with Gasteiger partial charge in [-0.25, -0.2) is 4.39 Å². The summed E-state index contributed by atoms with van der Waals surface area (Å²) in [6.07, 6.45) is 0. The molecule has 0 spiro atoms. The van der Waals surface area contributed by atoms with Crippen molar-refractivity contribution in [3.05, 3.63) is 52.3 Å². The number of benzene rings is 2. The van der Waals surface area contributed by atoms with Crippen LogP contribution in [0.3, 0.4) is 0 Å². The van der Waals surface area contributed by atoms with Gasteiger partial charge in [0.05, 0.1) is 12.8 Å². The highest BCUT2D eigenvalue weighted by Gasteiger charge is 2.11. The number of rotatable bonds is 3. The Morgan fingerprint density at radius 1 is 1.30 bits per heavy atom. The van der Waals surface area contributed by atoms with Crippen molar-refractivity contribution >= 4 is 27.5 Å². The van der Waals surface area contributed by atoms with E-state index in [1.807, 2.05) is 0 Å². The molecule has 0 radical (unpaired) electrons. The highest BCUT2D eigenvalue weighted by atomic mass is 79.9. The summed E-state index contributed by atoms with van der Waals surface area (Å²) in [5, 5.41) is 12.2. The third-order valence-corrected chi connectivity index (χ3v) is 3.28. The van der Waals surface area contributed by atoms with Gasteiger partial charge in [0.15, 0.2) is 11.5 Å². The zero-order valence-electron chi connectivity index (χ0n) is 10.5. The van der Waals surface area contributed by atoms with E-state index in [2.05, 4.69) is 21.2 Å². The fourth-order valence-electron chi connectivity index (χ4n) is 1.62. The molecule has 0 atom stereocenters. The minimum absolute atomic E-state index is 0.127. The summed E-state index contributed by atoms with van der Waals surface area (Å²) in [6.45, 7) is 0. The smallest absolute Gasteiger partial charge is 0.255 e. The number of phenolic OH excluding ortho intramolecular Hbond substituents is 1. The molecule has 0 aromatic heterocycles. The summed E-state index contributed by atoms with van der Waals surface area (Å²) in [5.74, 6) is -0.671. The van der Waals surface area contributed by atoms with Crippen LogP contribution < -0.4 is 10.1 Å². The van der Waals surface area contributed by atoms with Crippen LogP contribution in [0.4, 0.5) is 10.1 Å². The number of carbonyl (C=O) groups excluding carboxylic acids is 1. The first kappa shape index (κ1) is 14.3. The van der Waals surface area contributed by atoms with Gasteiger partial charge < -0.3 is 15.2 Å². The molecule has 0 saturated carbocycles. The first-order valence-electron chi connectivity index (χ1n) is 5.64. The lowest BCUT2D eigenvalue weighted by Crippen LogP contribution is -2.12. The molecule has 0 aliphatic heterocycles. The maximum Gasteiger partial charge on any atom is 0.255 e. The van der Waals surface area contributed by atoms with Crippen LogP contribution in [0.15, 0.2) is 40.9 Å². The molecule has 6 heteroatoms. The Kier molecular flexibility index (Phi) is 4.24. The molecule has 20 heavy (non-hydrogen) atoms.